The van der Waals surface area contributed by atoms with Gasteiger partial charge in [0.1, 0.15) is 17.8 Å². The van der Waals surface area contributed by atoms with Crippen LogP contribution in [0, 0.1) is 6.92 Å². The van der Waals surface area contributed by atoms with Gasteiger partial charge in [-0.05, 0) is 18.6 Å². The van der Waals surface area contributed by atoms with Gasteiger partial charge in [0, 0.05) is 12.1 Å². The van der Waals surface area contributed by atoms with Crippen LogP contribution in [0.1, 0.15) is 11.3 Å². The molecule has 0 aromatic carbocycles. The van der Waals surface area contributed by atoms with E-state index >= 15 is 0 Å². The third kappa shape index (κ3) is 4.89. The quantitative estimate of drug-likeness (QED) is 0.619. The van der Waals surface area contributed by atoms with Crippen molar-refractivity contribution in [2.45, 2.75) is 19.4 Å². The number of amides is 1. The van der Waals surface area contributed by atoms with Crippen LogP contribution in [-0.2, 0) is 16.0 Å². The van der Waals surface area contributed by atoms with Gasteiger partial charge in [-0.25, -0.2) is 14.6 Å². The summed E-state index contributed by atoms with van der Waals surface area (Å²) in [6.45, 7) is 5.17. The van der Waals surface area contributed by atoms with Crippen LogP contribution >= 0.6 is 11.6 Å². The second kappa shape index (κ2) is 7.49. The average Bonchev–Trinajstić information content (AvgIpc) is 2.38. The molecule has 1 heterocycles. The van der Waals surface area contributed by atoms with E-state index in [1.165, 1.54) is 6.08 Å². The van der Waals surface area contributed by atoms with Crippen molar-refractivity contribution >= 4 is 23.7 Å². The van der Waals surface area contributed by atoms with E-state index in [-0.39, 0.29) is 18.2 Å². The van der Waals surface area contributed by atoms with Gasteiger partial charge in [-0.3, -0.25) is 0 Å². The van der Waals surface area contributed by atoms with Crippen LogP contribution in [0.15, 0.2) is 24.8 Å². The second-order valence-electron chi connectivity index (χ2n) is 4.03. The first-order chi connectivity index (χ1) is 9.43. The fourth-order valence-corrected chi connectivity index (χ4v) is 1.72. The maximum absolute atomic E-state index is 11.4. The van der Waals surface area contributed by atoms with Crippen LogP contribution in [-0.4, -0.2) is 34.8 Å². The Morgan fingerprint density at radius 1 is 1.60 bits per heavy atom. The summed E-state index contributed by atoms with van der Waals surface area (Å²) in [4.78, 5) is 26.5. The highest BCUT2D eigenvalue weighted by Crippen LogP contribution is 2.15. The Bertz CT molecular complexity index is 519. The lowest BCUT2D eigenvalue weighted by atomic mass is 10.1. The number of carboxylic acids is 1. The van der Waals surface area contributed by atoms with Crippen LogP contribution in [0.2, 0.25) is 5.15 Å². The first-order valence-electron chi connectivity index (χ1n) is 5.83. The molecule has 1 aromatic heterocycles. The average molecular weight is 299 g/mol. The van der Waals surface area contributed by atoms with E-state index in [2.05, 4.69) is 21.6 Å². The molecule has 0 aliphatic carbocycles. The lowest BCUT2D eigenvalue weighted by Gasteiger charge is -2.15. The molecular weight excluding hydrogens is 284 g/mol. The minimum atomic E-state index is -1.18. The van der Waals surface area contributed by atoms with E-state index in [0.29, 0.717) is 5.56 Å². The van der Waals surface area contributed by atoms with Gasteiger partial charge >= 0.3 is 12.1 Å². The summed E-state index contributed by atoms with van der Waals surface area (Å²) in [6, 6.07) is 2.25. The molecule has 1 aromatic rings. The summed E-state index contributed by atoms with van der Waals surface area (Å²) in [6.07, 6.45) is 0.578. The second-order valence-corrected chi connectivity index (χ2v) is 4.39. The first kappa shape index (κ1) is 16.0. The molecule has 0 bridgehead atoms. The molecule has 0 aliphatic rings. The fourth-order valence-electron chi connectivity index (χ4n) is 1.44. The van der Waals surface area contributed by atoms with Crippen molar-refractivity contribution in [3.05, 3.63) is 41.2 Å². The van der Waals surface area contributed by atoms with Gasteiger partial charge < -0.3 is 15.2 Å². The van der Waals surface area contributed by atoms with E-state index in [9.17, 15) is 9.59 Å². The summed E-state index contributed by atoms with van der Waals surface area (Å²) >= 11 is 5.94. The largest absolute Gasteiger partial charge is 0.480 e. The van der Waals surface area contributed by atoms with E-state index in [4.69, 9.17) is 16.7 Å². The van der Waals surface area contributed by atoms with E-state index in [1.54, 1.807) is 19.1 Å². The van der Waals surface area contributed by atoms with Crippen molar-refractivity contribution in [2.24, 2.45) is 0 Å². The van der Waals surface area contributed by atoms with Crippen molar-refractivity contribution in [1.82, 2.24) is 10.3 Å². The molecule has 6 nitrogen and oxygen atoms in total. The zero-order valence-corrected chi connectivity index (χ0v) is 11.7. The predicted molar refractivity (Wildman–Crippen MR) is 73.8 cm³/mol. The minimum absolute atomic E-state index is 0.00498. The highest BCUT2D eigenvalue weighted by Gasteiger charge is 2.22. The summed E-state index contributed by atoms with van der Waals surface area (Å²) in [5.74, 6) is -1.18. The van der Waals surface area contributed by atoms with Crippen LogP contribution in [0.5, 0.6) is 0 Å². The van der Waals surface area contributed by atoms with Gasteiger partial charge in [0.15, 0.2) is 0 Å². The Kier molecular flexibility index (Phi) is 5.99. The van der Waals surface area contributed by atoms with Gasteiger partial charge in [-0.2, -0.15) is 0 Å². The summed E-state index contributed by atoms with van der Waals surface area (Å²) in [5, 5.41) is 11.6. The molecular formula is C13H15ClN2O4. The highest BCUT2D eigenvalue weighted by molar-refractivity contribution is 6.30. The van der Waals surface area contributed by atoms with Crippen LogP contribution in [0.3, 0.4) is 0 Å². The molecule has 108 valence electrons. The summed E-state index contributed by atoms with van der Waals surface area (Å²) in [5.41, 5.74) is 1.26. The number of carboxylic acid groups (broad SMARTS) is 1. The number of nitrogens with zero attached hydrogens (tertiary/aromatic N) is 1. The summed E-state index contributed by atoms with van der Waals surface area (Å²) in [7, 11) is 0. The van der Waals surface area contributed by atoms with Gasteiger partial charge in [0.05, 0.1) is 0 Å². The van der Waals surface area contributed by atoms with E-state index in [0.717, 1.165) is 5.69 Å². The molecule has 2 N–H and O–H groups in total. The van der Waals surface area contributed by atoms with Crippen molar-refractivity contribution in [3.8, 4) is 0 Å². The monoisotopic (exact) mass is 298 g/mol. The zero-order valence-electron chi connectivity index (χ0n) is 10.9. The topological polar surface area (TPSA) is 88.5 Å². The molecule has 20 heavy (non-hydrogen) atoms. The number of halogens is 1. The number of aryl methyl sites for hydroxylation is 1. The number of hydrogen-bond donors (Lipinski definition) is 2. The van der Waals surface area contributed by atoms with Gasteiger partial charge in [-0.1, -0.05) is 30.3 Å². The molecule has 1 atom stereocenters. The molecule has 1 unspecified atom stereocenters. The number of alkyl carbamates (subject to hydrolysis) is 1. The molecule has 0 radical (unpaired) electrons. The van der Waals surface area contributed by atoms with Gasteiger partial charge in [0.2, 0.25) is 0 Å². The van der Waals surface area contributed by atoms with Crippen molar-refractivity contribution in [2.75, 3.05) is 6.61 Å². The Morgan fingerprint density at radius 2 is 2.30 bits per heavy atom. The molecule has 1 amide bonds. The number of carbonyl (C=O) groups excluding carboxylic acids is 1. The number of aromatic nitrogens is 1. The minimum Gasteiger partial charge on any atom is -0.480 e. The fraction of sp³-hybridized carbons (Fsp3) is 0.308. The molecule has 7 heteroatoms. The third-order valence-electron chi connectivity index (χ3n) is 2.41. The van der Waals surface area contributed by atoms with Crippen molar-refractivity contribution in [1.29, 1.82) is 0 Å². The van der Waals surface area contributed by atoms with E-state index < -0.39 is 18.1 Å². The smallest absolute Gasteiger partial charge is 0.408 e. The number of nitrogens with one attached hydrogen (secondary N) is 1. The molecule has 1 rings (SSSR count). The number of hydrogen-bond acceptors (Lipinski definition) is 4. The maximum atomic E-state index is 11.4. The first-order valence-corrected chi connectivity index (χ1v) is 6.21. The molecule has 0 fully saturated rings. The zero-order chi connectivity index (χ0) is 15.1. The molecule has 0 saturated carbocycles. The van der Waals surface area contributed by atoms with E-state index in [1.807, 2.05) is 0 Å². The third-order valence-corrected chi connectivity index (χ3v) is 2.74. The van der Waals surface area contributed by atoms with Crippen LogP contribution in [0.25, 0.3) is 0 Å². The summed E-state index contributed by atoms with van der Waals surface area (Å²) < 4.78 is 4.68. The van der Waals surface area contributed by atoms with Crippen LogP contribution in [0.4, 0.5) is 4.79 Å². The number of carbonyl (C=O) groups is 2. The normalized spacial score (nSPS) is 11.5. The Balaban J connectivity index is 2.74. The number of aliphatic carboxylic acids is 1. The lowest BCUT2D eigenvalue weighted by Crippen LogP contribution is -2.42. The van der Waals surface area contributed by atoms with Gasteiger partial charge in [-0.15, -0.1) is 0 Å². The van der Waals surface area contributed by atoms with Gasteiger partial charge in [0.25, 0.3) is 0 Å². The van der Waals surface area contributed by atoms with Crippen molar-refractivity contribution in [3.63, 3.8) is 0 Å². The standard InChI is InChI=1S/C13H15ClN2O4/c1-3-6-20-13(19)16-10(12(17)18)7-9-5-4-8(2)15-11(9)14/h3-5,10H,1,6-7H2,2H3,(H,16,19)(H,17,18). The number of ether oxygens (including phenoxy) is 1. The number of pyridine rings is 1. The maximum Gasteiger partial charge on any atom is 0.408 e. The lowest BCUT2D eigenvalue weighted by molar-refractivity contribution is -0.139. The number of rotatable bonds is 6. The van der Waals surface area contributed by atoms with Crippen molar-refractivity contribution < 1.29 is 19.4 Å². The highest BCUT2D eigenvalue weighted by atomic mass is 35.5. The predicted octanol–water partition coefficient (Wildman–Crippen LogP) is 1.95. The Labute approximate surface area is 121 Å². The van der Waals surface area contributed by atoms with Crippen LogP contribution < -0.4 is 5.32 Å². The molecule has 0 saturated heterocycles. The molecule has 0 aliphatic heterocycles. The SMILES string of the molecule is C=CCOC(=O)NC(Cc1ccc(C)nc1Cl)C(=O)O. The molecule has 0 spiro atoms. The Hall–Kier alpha value is -2.08. The Morgan fingerprint density at radius 3 is 2.85 bits per heavy atom.